The van der Waals surface area contributed by atoms with Crippen LogP contribution >= 0.6 is 0 Å². The fourth-order valence-corrected chi connectivity index (χ4v) is 6.56. The van der Waals surface area contributed by atoms with E-state index in [4.69, 9.17) is 18.9 Å². The monoisotopic (exact) mass is 628 g/mol. The molecule has 46 heavy (non-hydrogen) atoms. The third-order valence-corrected chi connectivity index (χ3v) is 9.38. The molecular weight excluding hydrogens is 584 g/mol. The highest BCUT2D eigenvalue weighted by Crippen LogP contribution is 2.36. The van der Waals surface area contributed by atoms with Crippen molar-refractivity contribution < 1.29 is 18.9 Å². The summed E-state index contributed by atoms with van der Waals surface area (Å²) in [6, 6.07) is 17.4. The van der Waals surface area contributed by atoms with Gasteiger partial charge in [0.05, 0.1) is 25.0 Å². The van der Waals surface area contributed by atoms with Crippen LogP contribution in [0.2, 0.25) is 0 Å². The molecule has 3 saturated heterocycles. The Kier molecular flexibility index (Phi) is 8.83. The van der Waals surface area contributed by atoms with Crippen molar-refractivity contribution in [1.82, 2.24) is 20.0 Å². The lowest BCUT2D eigenvalue weighted by Gasteiger charge is -2.37. The molecule has 0 N–H and O–H groups in total. The number of nitrogens with zero attached hydrogens (tertiary/aromatic N) is 8. The minimum Gasteiger partial charge on any atom is -0.491 e. The number of ether oxygens (including phenoxy) is 4. The van der Waals surface area contributed by atoms with Crippen molar-refractivity contribution in [3.05, 3.63) is 73.3 Å². The molecule has 12 nitrogen and oxygen atoms in total. The van der Waals surface area contributed by atoms with Crippen LogP contribution in [0.3, 0.4) is 0 Å². The maximum absolute atomic E-state index is 6.45. The molecule has 244 valence electrons. The van der Waals surface area contributed by atoms with E-state index in [9.17, 15) is 0 Å². The summed E-state index contributed by atoms with van der Waals surface area (Å²) in [6.45, 7) is 14.3. The second kappa shape index (κ2) is 13.3. The first-order valence-corrected chi connectivity index (χ1v) is 16.4. The molecule has 4 aliphatic heterocycles. The van der Waals surface area contributed by atoms with Crippen LogP contribution in [0.25, 0.3) is 0 Å². The first kappa shape index (κ1) is 30.5. The van der Waals surface area contributed by atoms with Crippen LogP contribution in [0, 0.1) is 0 Å². The quantitative estimate of drug-likeness (QED) is 0.306. The summed E-state index contributed by atoms with van der Waals surface area (Å²) in [7, 11) is 0. The first-order chi connectivity index (χ1) is 22.5. The Balaban J connectivity index is 0.886. The number of anilines is 3. The van der Waals surface area contributed by atoms with E-state index in [0.717, 1.165) is 62.7 Å². The van der Waals surface area contributed by atoms with Crippen molar-refractivity contribution in [3.8, 4) is 5.75 Å². The van der Waals surface area contributed by atoms with Gasteiger partial charge in [0.1, 0.15) is 43.3 Å². The molecule has 0 radical (unpaired) electrons. The van der Waals surface area contributed by atoms with E-state index >= 15 is 0 Å². The second-order valence-electron chi connectivity index (χ2n) is 12.3. The van der Waals surface area contributed by atoms with E-state index in [1.807, 2.05) is 23.5 Å². The number of piperazine rings is 1. The molecule has 7 rings (SSSR count). The van der Waals surface area contributed by atoms with Gasteiger partial charge in [-0.1, -0.05) is 13.5 Å². The zero-order valence-corrected chi connectivity index (χ0v) is 26.8. The number of hydrogen-bond acceptors (Lipinski definition) is 11. The second-order valence-corrected chi connectivity index (χ2v) is 12.3. The van der Waals surface area contributed by atoms with Crippen LogP contribution in [0.15, 0.2) is 78.4 Å². The number of rotatable bonds is 11. The highest BCUT2D eigenvalue weighted by molar-refractivity contribution is 5.85. The summed E-state index contributed by atoms with van der Waals surface area (Å²) in [4.78, 5) is 8.52. The molecule has 2 aromatic carbocycles. The van der Waals surface area contributed by atoms with Gasteiger partial charge in [-0.05, 0) is 74.7 Å². The molecule has 12 heteroatoms. The van der Waals surface area contributed by atoms with Crippen molar-refractivity contribution in [3.63, 3.8) is 0 Å². The average Bonchev–Trinajstić information content (AvgIpc) is 3.93. The first-order valence-electron chi connectivity index (χ1n) is 16.4. The molecule has 0 amide bonds. The minimum absolute atomic E-state index is 0.145. The third kappa shape index (κ3) is 6.29. The van der Waals surface area contributed by atoms with E-state index in [1.165, 1.54) is 11.4 Å². The van der Waals surface area contributed by atoms with Crippen LogP contribution in [0.1, 0.15) is 33.1 Å². The molecule has 0 bridgehead atoms. The van der Waals surface area contributed by atoms with Crippen molar-refractivity contribution in [2.45, 2.75) is 63.7 Å². The molecule has 4 aliphatic rings. The smallest absolute Gasteiger partial charge is 0.217 e. The molecule has 0 aliphatic carbocycles. The summed E-state index contributed by atoms with van der Waals surface area (Å²) in [5.41, 5.74) is 3.50. The molecule has 3 fully saturated rings. The van der Waals surface area contributed by atoms with Gasteiger partial charge in [-0.3, -0.25) is 4.90 Å². The van der Waals surface area contributed by atoms with Gasteiger partial charge >= 0.3 is 0 Å². The normalized spacial score (nSPS) is 25.6. The zero-order chi connectivity index (χ0) is 31.5. The Morgan fingerprint density at radius 3 is 2.24 bits per heavy atom. The molecule has 4 unspecified atom stereocenters. The molecule has 0 saturated carbocycles. The largest absolute Gasteiger partial charge is 0.491 e. The van der Waals surface area contributed by atoms with E-state index in [1.54, 1.807) is 17.2 Å². The summed E-state index contributed by atoms with van der Waals surface area (Å²) in [6.07, 6.45) is 7.72. The van der Waals surface area contributed by atoms with E-state index in [0.29, 0.717) is 32.4 Å². The van der Waals surface area contributed by atoms with Gasteiger partial charge in [-0.2, -0.15) is 20.1 Å². The topological polar surface area (TPSA) is 93.0 Å². The lowest BCUT2D eigenvalue weighted by atomic mass is 10.1. The number of hydrazone groups is 1. The van der Waals surface area contributed by atoms with Gasteiger partial charge < -0.3 is 28.7 Å². The molecule has 5 heterocycles. The molecular formula is C34H44N8O4. The number of aromatic nitrogens is 3. The van der Waals surface area contributed by atoms with Crippen LogP contribution < -0.4 is 19.4 Å². The van der Waals surface area contributed by atoms with Crippen LogP contribution in [0.4, 0.5) is 17.1 Å². The van der Waals surface area contributed by atoms with Gasteiger partial charge in [-0.25, -0.2) is 5.01 Å². The molecule has 1 aromatic heterocycles. The minimum atomic E-state index is -0.898. The van der Waals surface area contributed by atoms with Gasteiger partial charge in [-0.15, -0.1) is 0 Å². The Morgan fingerprint density at radius 1 is 0.957 bits per heavy atom. The maximum Gasteiger partial charge on any atom is 0.217 e. The Hall–Kier alpha value is -4.13. The lowest BCUT2D eigenvalue weighted by molar-refractivity contribution is -0.241. The van der Waals surface area contributed by atoms with Crippen molar-refractivity contribution >= 4 is 23.4 Å². The van der Waals surface area contributed by atoms with Crippen molar-refractivity contribution in [1.29, 1.82) is 0 Å². The number of hydrogen-bond donors (Lipinski definition) is 0. The van der Waals surface area contributed by atoms with Crippen molar-refractivity contribution in [2.24, 2.45) is 5.10 Å². The van der Waals surface area contributed by atoms with Crippen LogP contribution in [-0.4, -0.2) is 96.4 Å². The highest BCUT2D eigenvalue weighted by atomic mass is 16.8. The maximum atomic E-state index is 6.45. The Morgan fingerprint density at radius 2 is 1.61 bits per heavy atom. The summed E-state index contributed by atoms with van der Waals surface area (Å²) < 4.78 is 24.8. The predicted molar refractivity (Wildman–Crippen MR) is 177 cm³/mol. The lowest BCUT2D eigenvalue weighted by Crippen LogP contribution is -2.48. The van der Waals surface area contributed by atoms with Crippen LogP contribution in [0.5, 0.6) is 5.75 Å². The zero-order valence-electron chi connectivity index (χ0n) is 26.8. The molecule has 3 aromatic rings. The SMILES string of the molecule is C=C1N(c2ccc(N3CCN(c4ccc(OCC5COC(Cn6nccn6)(C6CCCO6)O5)cc4)CC3)cc2)C=NN1C(C)CC. The number of benzene rings is 2. The Bertz CT molecular complexity index is 1470. The predicted octanol–water partition coefficient (Wildman–Crippen LogP) is 4.31. The van der Waals surface area contributed by atoms with Crippen molar-refractivity contribution in [2.75, 3.05) is 60.7 Å². The standard InChI is InChI=1S/C34H44N8O4/c1-4-26(2)42-27(3)40(25-37-42)30-9-7-28(8-10-30)38-17-19-39(20-18-38)29-11-13-31(14-12-29)44-22-32-23-45-34(46-32,33-6-5-21-43-33)24-41-35-15-16-36-41/h7-16,25-26,32-33H,3-6,17-24H2,1-2H3. The van der Waals surface area contributed by atoms with Crippen LogP contribution in [-0.2, 0) is 20.8 Å². The fraction of sp³-hybridized carbons (Fsp3) is 0.500. The van der Waals surface area contributed by atoms with Gasteiger partial charge in [0, 0.05) is 49.8 Å². The summed E-state index contributed by atoms with van der Waals surface area (Å²) in [5.74, 6) is 0.806. The summed E-state index contributed by atoms with van der Waals surface area (Å²) >= 11 is 0. The van der Waals surface area contributed by atoms with Gasteiger partial charge in [0.2, 0.25) is 5.79 Å². The van der Waals surface area contributed by atoms with E-state index < -0.39 is 5.79 Å². The van der Waals surface area contributed by atoms with Gasteiger partial charge in [0.15, 0.2) is 0 Å². The third-order valence-electron chi connectivity index (χ3n) is 9.38. The van der Waals surface area contributed by atoms with E-state index in [2.05, 4.69) is 86.8 Å². The van der Waals surface area contributed by atoms with E-state index in [-0.39, 0.29) is 12.2 Å². The summed E-state index contributed by atoms with van der Waals surface area (Å²) in [5, 5.41) is 15.0. The average molecular weight is 629 g/mol. The molecule has 4 atom stereocenters. The van der Waals surface area contributed by atoms with Gasteiger partial charge in [0.25, 0.3) is 0 Å². The Labute approximate surface area is 270 Å². The fourth-order valence-electron chi connectivity index (χ4n) is 6.56. The molecule has 0 spiro atoms. The highest BCUT2D eigenvalue weighted by Gasteiger charge is 2.51.